The van der Waals surface area contributed by atoms with Crippen LogP contribution in [0, 0.1) is 6.92 Å². The first kappa shape index (κ1) is 12.6. The van der Waals surface area contributed by atoms with Crippen LogP contribution in [0.2, 0.25) is 0 Å². The van der Waals surface area contributed by atoms with Gasteiger partial charge in [0.15, 0.2) is 0 Å². The first-order valence-corrected chi connectivity index (χ1v) is 6.79. The molecule has 84 valence electrons. The van der Waals surface area contributed by atoms with Crippen molar-refractivity contribution in [1.82, 2.24) is 0 Å². The minimum atomic E-state index is 0.187. The summed E-state index contributed by atoms with van der Waals surface area (Å²) in [6, 6.07) is 8.73. The summed E-state index contributed by atoms with van der Waals surface area (Å²) < 4.78 is 0. The Hall–Kier alpha value is -0.470. The molecule has 0 bridgehead atoms. The largest absolute Gasteiger partial charge is 0.323 e. The number of unbranched alkanes of at least 4 members (excludes halogenated alkanes) is 1. The van der Waals surface area contributed by atoms with Gasteiger partial charge in [-0.15, -0.1) is 0 Å². The molecule has 0 saturated heterocycles. The molecule has 2 heteroatoms. The van der Waals surface area contributed by atoms with Gasteiger partial charge in [0.05, 0.1) is 0 Å². The molecule has 2 N–H and O–H groups in total. The molecule has 1 aromatic carbocycles. The van der Waals surface area contributed by atoms with E-state index < -0.39 is 0 Å². The van der Waals surface area contributed by atoms with Gasteiger partial charge in [-0.25, -0.2) is 0 Å². The van der Waals surface area contributed by atoms with Gasteiger partial charge >= 0.3 is 0 Å². The van der Waals surface area contributed by atoms with Crippen LogP contribution < -0.4 is 5.73 Å². The molecule has 0 aliphatic carbocycles. The van der Waals surface area contributed by atoms with Gasteiger partial charge in [-0.05, 0) is 24.7 Å². The molecule has 0 amide bonds. The van der Waals surface area contributed by atoms with Crippen molar-refractivity contribution in [1.29, 1.82) is 0 Å². The van der Waals surface area contributed by atoms with Crippen LogP contribution in [-0.2, 0) is 0 Å². The second-order valence-electron chi connectivity index (χ2n) is 3.95. The first-order valence-electron chi connectivity index (χ1n) is 5.64. The molecule has 0 aliphatic heterocycles. The highest BCUT2D eigenvalue weighted by Gasteiger charge is 2.04. The van der Waals surface area contributed by atoms with Crippen molar-refractivity contribution in [2.24, 2.45) is 5.73 Å². The van der Waals surface area contributed by atoms with Gasteiger partial charge in [0.2, 0.25) is 0 Å². The quantitative estimate of drug-likeness (QED) is 0.747. The maximum absolute atomic E-state index is 6.11. The van der Waals surface area contributed by atoms with E-state index in [2.05, 4.69) is 38.1 Å². The van der Waals surface area contributed by atoms with Gasteiger partial charge in [0.25, 0.3) is 0 Å². The number of thioether (sulfide) groups is 1. The Morgan fingerprint density at radius 3 is 2.53 bits per heavy atom. The molecular formula is C13H21NS. The Labute approximate surface area is 97.4 Å². The number of hydrogen-bond acceptors (Lipinski definition) is 2. The van der Waals surface area contributed by atoms with Crippen LogP contribution in [0.15, 0.2) is 24.3 Å². The van der Waals surface area contributed by atoms with E-state index in [1.54, 1.807) is 0 Å². The van der Waals surface area contributed by atoms with Crippen molar-refractivity contribution in [2.45, 2.75) is 32.7 Å². The Kier molecular flexibility index (Phi) is 5.81. The molecule has 0 radical (unpaired) electrons. The monoisotopic (exact) mass is 223 g/mol. The molecule has 0 aromatic heterocycles. The number of nitrogens with two attached hydrogens (primary N) is 1. The van der Waals surface area contributed by atoms with Crippen molar-refractivity contribution in [3.63, 3.8) is 0 Å². The lowest BCUT2D eigenvalue weighted by Gasteiger charge is -2.11. The van der Waals surface area contributed by atoms with Gasteiger partial charge in [0, 0.05) is 11.8 Å². The average molecular weight is 223 g/mol. The molecular weight excluding hydrogens is 202 g/mol. The summed E-state index contributed by atoms with van der Waals surface area (Å²) in [4.78, 5) is 0. The molecule has 1 atom stereocenters. The normalized spacial score (nSPS) is 12.7. The topological polar surface area (TPSA) is 26.0 Å². The van der Waals surface area contributed by atoms with Gasteiger partial charge in [0.1, 0.15) is 0 Å². The van der Waals surface area contributed by atoms with E-state index in [0.717, 1.165) is 5.75 Å². The molecule has 0 saturated carbocycles. The lowest BCUT2D eigenvalue weighted by molar-refractivity contribution is 0.826. The highest BCUT2D eigenvalue weighted by atomic mass is 32.2. The van der Waals surface area contributed by atoms with E-state index in [9.17, 15) is 0 Å². The number of rotatable bonds is 6. The number of benzene rings is 1. The van der Waals surface area contributed by atoms with Gasteiger partial charge in [-0.3, -0.25) is 0 Å². The molecule has 0 heterocycles. The number of aryl methyl sites for hydroxylation is 1. The van der Waals surface area contributed by atoms with Crippen molar-refractivity contribution in [3.05, 3.63) is 35.4 Å². The van der Waals surface area contributed by atoms with Crippen molar-refractivity contribution in [3.8, 4) is 0 Å². The fourth-order valence-corrected chi connectivity index (χ4v) is 2.47. The summed E-state index contributed by atoms with van der Waals surface area (Å²) >= 11 is 1.96. The smallest absolute Gasteiger partial charge is 0.0386 e. The van der Waals surface area contributed by atoms with E-state index in [1.807, 2.05) is 11.8 Å². The van der Waals surface area contributed by atoms with Crippen LogP contribution in [0.5, 0.6) is 0 Å². The zero-order chi connectivity index (χ0) is 11.1. The molecule has 1 nitrogen and oxygen atoms in total. The zero-order valence-electron chi connectivity index (χ0n) is 9.70. The maximum Gasteiger partial charge on any atom is 0.0386 e. The van der Waals surface area contributed by atoms with E-state index >= 15 is 0 Å². The molecule has 0 aliphatic rings. The molecule has 1 aromatic rings. The van der Waals surface area contributed by atoms with Crippen LogP contribution in [-0.4, -0.2) is 11.5 Å². The number of hydrogen-bond donors (Lipinski definition) is 1. The summed E-state index contributed by atoms with van der Waals surface area (Å²) in [7, 11) is 0. The van der Waals surface area contributed by atoms with Crippen LogP contribution in [0.1, 0.15) is 36.9 Å². The predicted molar refractivity (Wildman–Crippen MR) is 70.3 cm³/mol. The van der Waals surface area contributed by atoms with E-state index in [4.69, 9.17) is 5.73 Å². The van der Waals surface area contributed by atoms with Crippen LogP contribution in [0.4, 0.5) is 0 Å². The van der Waals surface area contributed by atoms with Crippen LogP contribution in [0.25, 0.3) is 0 Å². The molecule has 1 unspecified atom stereocenters. The predicted octanol–water partition coefficient (Wildman–Crippen LogP) is 3.53. The fraction of sp³-hybridized carbons (Fsp3) is 0.538. The molecule has 15 heavy (non-hydrogen) atoms. The minimum absolute atomic E-state index is 0.187. The lowest BCUT2D eigenvalue weighted by atomic mass is 10.1. The summed E-state index contributed by atoms with van der Waals surface area (Å²) in [5, 5.41) is 0. The summed E-state index contributed by atoms with van der Waals surface area (Å²) in [6.45, 7) is 4.33. The Bertz CT molecular complexity index is 268. The average Bonchev–Trinajstić information content (AvgIpc) is 2.25. The highest BCUT2D eigenvalue weighted by molar-refractivity contribution is 7.99. The van der Waals surface area contributed by atoms with Crippen molar-refractivity contribution in [2.75, 3.05) is 11.5 Å². The van der Waals surface area contributed by atoms with Gasteiger partial charge < -0.3 is 5.73 Å². The third kappa shape index (κ3) is 4.72. The Balaban J connectivity index is 2.33. The third-order valence-corrected chi connectivity index (χ3v) is 3.62. The van der Waals surface area contributed by atoms with E-state index in [1.165, 1.54) is 29.7 Å². The maximum atomic E-state index is 6.11. The van der Waals surface area contributed by atoms with Gasteiger partial charge in [-0.1, -0.05) is 43.2 Å². The van der Waals surface area contributed by atoms with Gasteiger partial charge in [-0.2, -0.15) is 11.8 Å². The zero-order valence-corrected chi connectivity index (χ0v) is 10.5. The highest BCUT2D eigenvalue weighted by Crippen LogP contribution is 2.17. The first-order chi connectivity index (χ1) is 7.24. The van der Waals surface area contributed by atoms with Crippen molar-refractivity contribution >= 4 is 11.8 Å². The van der Waals surface area contributed by atoms with Crippen LogP contribution in [0.3, 0.4) is 0 Å². The standard InChI is InChI=1S/C13H21NS/c1-3-4-9-15-10-13(14)12-7-5-11(2)6-8-12/h5-8,13H,3-4,9-10,14H2,1-2H3. The molecule has 0 fully saturated rings. The minimum Gasteiger partial charge on any atom is -0.323 e. The summed E-state index contributed by atoms with van der Waals surface area (Å²) in [5.74, 6) is 2.26. The Morgan fingerprint density at radius 1 is 1.27 bits per heavy atom. The lowest BCUT2D eigenvalue weighted by Crippen LogP contribution is -2.13. The molecule has 0 spiro atoms. The van der Waals surface area contributed by atoms with E-state index in [0.29, 0.717) is 0 Å². The summed E-state index contributed by atoms with van der Waals surface area (Å²) in [5.41, 5.74) is 8.66. The molecule has 1 rings (SSSR count). The summed E-state index contributed by atoms with van der Waals surface area (Å²) in [6.07, 6.45) is 2.57. The Morgan fingerprint density at radius 2 is 1.93 bits per heavy atom. The van der Waals surface area contributed by atoms with Crippen molar-refractivity contribution < 1.29 is 0 Å². The second kappa shape index (κ2) is 6.91. The SMILES string of the molecule is CCCCSCC(N)c1ccc(C)cc1. The fourth-order valence-electron chi connectivity index (χ4n) is 1.37. The van der Waals surface area contributed by atoms with E-state index in [-0.39, 0.29) is 6.04 Å². The van der Waals surface area contributed by atoms with Crippen LogP contribution >= 0.6 is 11.8 Å². The second-order valence-corrected chi connectivity index (χ2v) is 5.10. The third-order valence-electron chi connectivity index (χ3n) is 2.45.